The molecular weight excluding hydrogens is 160 g/mol. The van der Waals surface area contributed by atoms with Gasteiger partial charge in [0, 0.05) is 7.05 Å². The zero-order valence-electron chi connectivity index (χ0n) is 7.83. The van der Waals surface area contributed by atoms with Crippen molar-refractivity contribution in [3.8, 4) is 0 Å². The summed E-state index contributed by atoms with van der Waals surface area (Å²) in [6, 6.07) is 0. The van der Waals surface area contributed by atoms with Gasteiger partial charge in [0.1, 0.15) is 0 Å². The van der Waals surface area contributed by atoms with Crippen LogP contribution in [0.3, 0.4) is 0 Å². The van der Waals surface area contributed by atoms with Crippen molar-refractivity contribution in [2.45, 2.75) is 6.42 Å². The van der Waals surface area contributed by atoms with Gasteiger partial charge in [0.15, 0.2) is 0 Å². The van der Waals surface area contributed by atoms with Gasteiger partial charge in [-0.2, -0.15) is 5.10 Å². The number of hydrazone groups is 1. The lowest BCUT2D eigenvalue weighted by molar-refractivity contribution is 0.902. The third-order valence-corrected chi connectivity index (χ3v) is 1.72. The molecule has 2 nitrogen and oxygen atoms in total. The van der Waals surface area contributed by atoms with Crippen molar-refractivity contribution in [2.75, 3.05) is 7.05 Å². The summed E-state index contributed by atoms with van der Waals surface area (Å²) in [6.07, 6.45) is 13.0. The summed E-state index contributed by atoms with van der Waals surface area (Å²) in [5.41, 5.74) is 4.74. The van der Waals surface area contributed by atoms with Crippen LogP contribution in [0.15, 0.2) is 53.7 Å². The van der Waals surface area contributed by atoms with E-state index < -0.39 is 0 Å². The average molecular weight is 174 g/mol. The highest BCUT2D eigenvalue weighted by atomic mass is 15.3. The molecule has 1 N–H and O–H groups in total. The minimum atomic E-state index is 0.877. The summed E-state index contributed by atoms with van der Waals surface area (Å²) in [5.74, 6) is 0. The summed E-state index contributed by atoms with van der Waals surface area (Å²) in [4.78, 5) is 0. The molecule has 0 aromatic carbocycles. The van der Waals surface area contributed by atoms with E-state index in [4.69, 9.17) is 0 Å². The quantitative estimate of drug-likeness (QED) is 0.514. The Bertz CT molecular complexity index is 293. The van der Waals surface area contributed by atoms with Gasteiger partial charge in [0.05, 0.1) is 5.71 Å². The Kier molecular flexibility index (Phi) is 3.76. The molecule has 68 valence electrons. The van der Waals surface area contributed by atoms with E-state index in [-0.39, 0.29) is 0 Å². The summed E-state index contributed by atoms with van der Waals surface area (Å²) in [7, 11) is 1.78. The highest BCUT2D eigenvalue weighted by Gasteiger charge is 1.99. The molecule has 0 amide bonds. The van der Waals surface area contributed by atoms with Crippen molar-refractivity contribution in [1.29, 1.82) is 0 Å². The van der Waals surface area contributed by atoms with Crippen LogP contribution in [0.1, 0.15) is 6.42 Å². The van der Waals surface area contributed by atoms with Gasteiger partial charge in [0.2, 0.25) is 0 Å². The first kappa shape index (κ1) is 9.52. The van der Waals surface area contributed by atoms with Gasteiger partial charge in [-0.05, 0) is 18.1 Å². The van der Waals surface area contributed by atoms with E-state index in [0.717, 1.165) is 17.7 Å². The fourth-order valence-corrected chi connectivity index (χ4v) is 1.12. The highest BCUT2D eigenvalue weighted by molar-refractivity contribution is 6.09. The second kappa shape index (κ2) is 5.14. The Balaban J connectivity index is 2.86. The van der Waals surface area contributed by atoms with Crippen LogP contribution < -0.4 is 5.43 Å². The maximum atomic E-state index is 4.11. The van der Waals surface area contributed by atoms with Crippen LogP contribution in [-0.4, -0.2) is 12.8 Å². The molecule has 0 aromatic heterocycles. The predicted octanol–water partition coefficient (Wildman–Crippen LogP) is 2.19. The molecule has 0 saturated carbocycles. The van der Waals surface area contributed by atoms with E-state index >= 15 is 0 Å². The minimum Gasteiger partial charge on any atom is -0.313 e. The fraction of sp³-hybridized carbons (Fsp3) is 0.182. The first-order valence-electron chi connectivity index (χ1n) is 4.29. The molecule has 0 fully saturated rings. The first-order valence-corrected chi connectivity index (χ1v) is 4.29. The molecule has 0 aromatic rings. The molecule has 1 rings (SSSR count). The second-order valence-electron chi connectivity index (χ2n) is 2.61. The zero-order valence-corrected chi connectivity index (χ0v) is 7.83. The molecule has 0 spiro atoms. The van der Waals surface area contributed by atoms with Crippen LogP contribution in [-0.2, 0) is 0 Å². The summed E-state index contributed by atoms with van der Waals surface area (Å²) in [6.45, 7) is 3.72. The summed E-state index contributed by atoms with van der Waals surface area (Å²) in [5, 5.41) is 4.11. The molecule has 0 unspecified atom stereocenters. The largest absolute Gasteiger partial charge is 0.313 e. The van der Waals surface area contributed by atoms with Crippen LogP contribution in [0.5, 0.6) is 0 Å². The van der Waals surface area contributed by atoms with Crippen LogP contribution in [0.4, 0.5) is 0 Å². The number of nitrogens with zero attached hydrogens (tertiary/aromatic N) is 1. The Morgan fingerprint density at radius 2 is 2.46 bits per heavy atom. The van der Waals surface area contributed by atoms with E-state index in [0.29, 0.717) is 0 Å². The average Bonchev–Trinajstić information content (AvgIpc) is 2.42. The lowest BCUT2D eigenvalue weighted by atomic mass is 10.1. The number of nitrogens with one attached hydrogen (secondary N) is 1. The zero-order chi connectivity index (χ0) is 9.52. The molecule has 0 aliphatic heterocycles. The third-order valence-electron chi connectivity index (χ3n) is 1.72. The topological polar surface area (TPSA) is 24.4 Å². The van der Waals surface area contributed by atoms with Crippen LogP contribution in [0.25, 0.3) is 0 Å². The number of allylic oxidation sites excluding steroid dienone is 7. The van der Waals surface area contributed by atoms with Crippen molar-refractivity contribution < 1.29 is 0 Å². The van der Waals surface area contributed by atoms with Gasteiger partial charge < -0.3 is 5.43 Å². The SMILES string of the molecule is C=C/C(=N\NC)C1=CCC=CC=C1. The Morgan fingerprint density at radius 3 is 3.15 bits per heavy atom. The van der Waals surface area contributed by atoms with E-state index in [9.17, 15) is 0 Å². The Morgan fingerprint density at radius 1 is 1.62 bits per heavy atom. The van der Waals surface area contributed by atoms with Crippen LogP contribution in [0, 0.1) is 0 Å². The van der Waals surface area contributed by atoms with Crippen molar-refractivity contribution in [3.05, 3.63) is 48.6 Å². The number of rotatable bonds is 3. The maximum Gasteiger partial charge on any atom is 0.0892 e. The molecule has 0 saturated heterocycles. The molecule has 13 heavy (non-hydrogen) atoms. The standard InChI is InChI=1S/C11H14N2/c1-3-11(13-12-2)10-8-6-4-5-7-9-10/h3-6,8-9,12H,1,7H2,2H3/b13-11+. The lowest BCUT2D eigenvalue weighted by Crippen LogP contribution is -2.04. The van der Waals surface area contributed by atoms with E-state index in [1.165, 1.54) is 0 Å². The van der Waals surface area contributed by atoms with Crippen LogP contribution in [0.2, 0.25) is 0 Å². The molecule has 1 aliphatic carbocycles. The predicted molar refractivity (Wildman–Crippen MR) is 57.7 cm³/mol. The molecule has 0 bridgehead atoms. The van der Waals surface area contributed by atoms with Gasteiger partial charge >= 0.3 is 0 Å². The molecule has 2 heteroatoms. The fourth-order valence-electron chi connectivity index (χ4n) is 1.12. The van der Waals surface area contributed by atoms with Crippen LogP contribution >= 0.6 is 0 Å². The smallest absolute Gasteiger partial charge is 0.0892 e. The molecule has 1 aliphatic rings. The number of hydrogen-bond donors (Lipinski definition) is 1. The van der Waals surface area contributed by atoms with Crippen molar-refractivity contribution in [1.82, 2.24) is 5.43 Å². The number of hydrogen-bond acceptors (Lipinski definition) is 2. The normalized spacial score (nSPS) is 16.4. The van der Waals surface area contributed by atoms with Gasteiger partial charge in [-0.1, -0.05) is 37.0 Å². The first-order chi connectivity index (χ1) is 6.38. The van der Waals surface area contributed by atoms with Gasteiger partial charge in [0.25, 0.3) is 0 Å². The van der Waals surface area contributed by atoms with Gasteiger partial charge in [-0.3, -0.25) is 0 Å². The third kappa shape index (κ3) is 2.75. The second-order valence-corrected chi connectivity index (χ2v) is 2.61. The van der Waals surface area contributed by atoms with Crippen molar-refractivity contribution in [3.63, 3.8) is 0 Å². The Labute approximate surface area is 79.0 Å². The van der Waals surface area contributed by atoms with Gasteiger partial charge in [-0.15, -0.1) is 0 Å². The monoisotopic (exact) mass is 174 g/mol. The minimum absolute atomic E-state index is 0.877. The van der Waals surface area contributed by atoms with Gasteiger partial charge in [-0.25, -0.2) is 0 Å². The lowest BCUT2D eigenvalue weighted by Gasteiger charge is -2.00. The molecule has 0 atom stereocenters. The molecule has 0 heterocycles. The highest BCUT2D eigenvalue weighted by Crippen LogP contribution is 2.07. The van der Waals surface area contributed by atoms with Crippen molar-refractivity contribution in [2.24, 2.45) is 5.10 Å². The summed E-state index contributed by atoms with van der Waals surface area (Å²) >= 11 is 0. The van der Waals surface area contributed by atoms with E-state index in [2.05, 4.69) is 29.3 Å². The van der Waals surface area contributed by atoms with E-state index in [1.807, 2.05) is 18.2 Å². The van der Waals surface area contributed by atoms with Crippen molar-refractivity contribution >= 4 is 5.71 Å². The summed E-state index contributed by atoms with van der Waals surface area (Å²) < 4.78 is 0. The Hall–Kier alpha value is -1.57. The van der Waals surface area contributed by atoms with E-state index in [1.54, 1.807) is 13.1 Å². The maximum absolute atomic E-state index is 4.11. The molecule has 0 radical (unpaired) electrons. The molecular formula is C11H14N2.